The third-order valence-electron chi connectivity index (χ3n) is 5.94. The molecule has 1 aliphatic rings. The number of para-hydroxylation sites is 1. The molecule has 3 heterocycles. The molecular formula is C26H24F2N4O4. The fraction of sp³-hybridized carbons (Fsp3) is 0.231. The van der Waals surface area contributed by atoms with Crippen molar-refractivity contribution >= 4 is 22.7 Å². The molecule has 0 amide bonds. The van der Waals surface area contributed by atoms with Crippen LogP contribution in [0.2, 0.25) is 0 Å². The molecule has 0 saturated carbocycles. The Hall–Kier alpha value is -4.18. The normalized spacial score (nSPS) is 17.4. The first-order valence-corrected chi connectivity index (χ1v) is 11.2. The second-order valence-corrected chi connectivity index (χ2v) is 8.81. The first-order valence-electron chi connectivity index (χ1n) is 11.2. The molecule has 1 atom stereocenters. The number of ether oxygens (including phenoxy) is 3. The molecule has 8 nitrogen and oxygen atoms in total. The van der Waals surface area contributed by atoms with Crippen molar-refractivity contribution in [2.24, 2.45) is 10.4 Å². The van der Waals surface area contributed by atoms with Crippen LogP contribution in [0.3, 0.4) is 0 Å². The van der Waals surface area contributed by atoms with Gasteiger partial charge in [-0.1, -0.05) is 25.1 Å². The van der Waals surface area contributed by atoms with Crippen molar-refractivity contribution in [1.29, 1.82) is 0 Å². The minimum Gasteiger partial charge on any atom is -0.496 e. The SMILES string of the molecule is COc1ccccc1-c1c[nH]c2nccc(Oc3c(F)cc(NC4=NCC(C)(CO)CO4)cc3F)c12. The highest BCUT2D eigenvalue weighted by Crippen LogP contribution is 2.41. The van der Waals surface area contributed by atoms with Crippen LogP contribution >= 0.6 is 0 Å². The first kappa shape index (κ1) is 23.6. The van der Waals surface area contributed by atoms with Gasteiger partial charge in [0.2, 0.25) is 0 Å². The molecule has 0 bridgehead atoms. The number of aromatic amines is 1. The van der Waals surface area contributed by atoms with Gasteiger partial charge in [0.25, 0.3) is 6.02 Å². The van der Waals surface area contributed by atoms with Crippen molar-refractivity contribution in [3.05, 3.63) is 66.5 Å². The molecule has 3 N–H and O–H groups in total. The van der Waals surface area contributed by atoms with E-state index in [0.717, 1.165) is 17.7 Å². The van der Waals surface area contributed by atoms with E-state index in [-0.39, 0.29) is 30.7 Å². The minimum atomic E-state index is -0.909. The maximum atomic E-state index is 15.0. The quantitative estimate of drug-likeness (QED) is 0.345. The minimum absolute atomic E-state index is 0.0821. The zero-order valence-corrected chi connectivity index (χ0v) is 19.6. The van der Waals surface area contributed by atoms with E-state index in [0.29, 0.717) is 28.9 Å². The molecular weight excluding hydrogens is 470 g/mol. The van der Waals surface area contributed by atoms with E-state index in [9.17, 15) is 5.11 Å². The van der Waals surface area contributed by atoms with Crippen LogP contribution in [0, 0.1) is 17.0 Å². The van der Waals surface area contributed by atoms with Crippen molar-refractivity contribution in [2.75, 3.05) is 32.2 Å². The maximum Gasteiger partial charge on any atom is 0.289 e. The first-order chi connectivity index (χ1) is 17.4. The smallest absolute Gasteiger partial charge is 0.289 e. The molecule has 36 heavy (non-hydrogen) atoms. The Bertz CT molecular complexity index is 1430. The van der Waals surface area contributed by atoms with Crippen molar-refractivity contribution in [2.45, 2.75) is 6.92 Å². The van der Waals surface area contributed by atoms with Crippen molar-refractivity contribution in [1.82, 2.24) is 9.97 Å². The summed E-state index contributed by atoms with van der Waals surface area (Å²) in [6.07, 6.45) is 3.24. The number of methoxy groups -OCH3 is 1. The number of hydrogen-bond acceptors (Lipinski definition) is 7. The lowest BCUT2D eigenvalue weighted by Gasteiger charge is -2.30. The summed E-state index contributed by atoms with van der Waals surface area (Å²) in [4.78, 5) is 11.6. The van der Waals surface area contributed by atoms with Crippen molar-refractivity contribution in [3.8, 4) is 28.4 Å². The molecule has 1 unspecified atom stereocenters. The number of fused-ring (bicyclic) bond motifs is 1. The second kappa shape index (κ2) is 9.46. The van der Waals surface area contributed by atoms with Crippen LogP contribution in [0.25, 0.3) is 22.2 Å². The molecule has 0 radical (unpaired) electrons. The number of H-pyrrole nitrogens is 1. The van der Waals surface area contributed by atoms with Crippen molar-refractivity contribution < 1.29 is 28.1 Å². The summed E-state index contributed by atoms with van der Waals surface area (Å²) in [7, 11) is 1.57. The number of benzene rings is 2. The number of aliphatic hydroxyl groups excluding tert-OH is 1. The van der Waals surface area contributed by atoms with Gasteiger partial charge in [-0.2, -0.15) is 0 Å². The van der Waals surface area contributed by atoms with Gasteiger partial charge in [0.05, 0.1) is 25.6 Å². The number of aliphatic imine (C=N–C) groups is 1. The predicted octanol–water partition coefficient (Wildman–Crippen LogP) is 5.11. The van der Waals surface area contributed by atoms with E-state index in [1.165, 1.54) is 6.20 Å². The average Bonchev–Trinajstić information content (AvgIpc) is 3.32. The molecule has 0 spiro atoms. The summed E-state index contributed by atoms with van der Waals surface area (Å²) in [6.45, 7) is 2.30. The van der Waals surface area contributed by atoms with E-state index in [2.05, 4.69) is 20.3 Å². The van der Waals surface area contributed by atoms with E-state index in [4.69, 9.17) is 14.2 Å². The van der Waals surface area contributed by atoms with Crippen LogP contribution in [0.4, 0.5) is 14.5 Å². The number of pyridine rings is 1. The second-order valence-electron chi connectivity index (χ2n) is 8.81. The van der Waals surface area contributed by atoms with Gasteiger partial charge in [-0.25, -0.2) is 18.8 Å². The Balaban J connectivity index is 1.46. The van der Waals surface area contributed by atoms with Gasteiger partial charge in [-0.05, 0) is 12.1 Å². The largest absolute Gasteiger partial charge is 0.496 e. The summed E-state index contributed by atoms with van der Waals surface area (Å²) in [6, 6.07) is 11.3. The fourth-order valence-electron chi connectivity index (χ4n) is 3.92. The highest BCUT2D eigenvalue weighted by molar-refractivity contribution is 5.99. The van der Waals surface area contributed by atoms with Gasteiger partial charge >= 0.3 is 0 Å². The number of nitrogens with one attached hydrogen (secondary N) is 2. The zero-order valence-electron chi connectivity index (χ0n) is 19.6. The number of amidine groups is 1. The standard InChI is InChI=1S/C26H24F2N4O4/c1-26(13-33)12-31-25(35-14-26)32-15-9-18(27)23(19(28)10-15)36-21-7-8-29-24-22(21)17(11-30-24)16-5-3-4-6-20(16)34-2/h3-11,33H,12-14H2,1-2H3,(H,29,30)(H,31,32). The Morgan fingerprint density at radius 1 is 1.14 bits per heavy atom. The Kier molecular flexibility index (Phi) is 6.19. The maximum absolute atomic E-state index is 15.0. The van der Waals surface area contributed by atoms with Crippen molar-refractivity contribution in [3.63, 3.8) is 0 Å². The molecule has 4 aromatic rings. The van der Waals surface area contributed by atoms with Gasteiger partial charge < -0.3 is 29.6 Å². The monoisotopic (exact) mass is 494 g/mol. The van der Waals surface area contributed by atoms with E-state index in [1.807, 2.05) is 31.2 Å². The summed E-state index contributed by atoms with van der Waals surface area (Å²) < 4.78 is 46.8. The average molecular weight is 494 g/mol. The number of halogens is 2. The highest BCUT2D eigenvalue weighted by Gasteiger charge is 2.29. The molecule has 1 aliphatic heterocycles. The number of aliphatic hydroxyl groups is 1. The third-order valence-corrected chi connectivity index (χ3v) is 5.94. The lowest BCUT2D eigenvalue weighted by Crippen LogP contribution is -2.38. The fourth-order valence-corrected chi connectivity index (χ4v) is 3.92. The summed E-state index contributed by atoms with van der Waals surface area (Å²) in [5, 5.41) is 12.7. The van der Waals surface area contributed by atoms with Gasteiger partial charge in [-0.15, -0.1) is 0 Å². The van der Waals surface area contributed by atoms with Crippen LogP contribution in [0.5, 0.6) is 17.2 Å². The summed E-state index contributed by atoms with van der Waals surface area (Å²) in [5.74, 6) is -1.52. The molecule has 2 aromatic heterocycles. The number of rotatable bonds is 6. The van der Waals surface area contributed by atoms with Crippen LogP contribution in [-0.2, 0) is 4.74 Å². The molecule has 10 heteroatoms. The van der Waals surface area contributed by atoms with Gasteiger partial charge in [0.15, 0.2) is 17.4 Å². The summed E-state index contributed by atoms with van der Waals surface area (Å²) in [5.41, 5.74) is 1.60. The van der Waals surface area contributed by atoms with Gasteiger partial charge in [-0.3, -0.25) is 0 Å². The highest BCUT2D eigenvalue weighted by atomic mass is 19.1. The van der Waals surface area contributed by atoms with Crippen LogP contribution in [0.15, 0.2) is 59.9 Å². The number of nitrogens with zero attached hydrogens (tertiary/aromatic N) is 2. The van der Waals surface area contributed by atoms with E-state index >= 15 is 8.78 Å². The van der Waals surface area contributed by atoms with Gasteiger partial charge in [0, 0.05) is 46.8 Å². The molecule has 2 aromatic carbocycles. The predicted molar refractivity (Wildman–Crippen MR) is 132 cm³/mol. The Morgan fingerprint density at radius 2 is 1.92 bits per heavy atom. The van der Waals surface area contributed by atoms with E-state index in [1.54, 1.807) is 19.4 Å². The third kappa shape index (κ3) is 4.42. The molecule has 5 rings (SSSR count). The number of hydrogen-bond donors (Lipinski definition) is 3. The lowest BCUT2D eigenvalue weighted by molar-refractivity contribution is 0.0706. The number of anilines is 1. The Labute approximate surface area is 205 Å². The lowest BCUT2D eigenvalue weighted by atomic mass is 9.93. The summed E-state index contributed by atoms with van der Waals surface area (Å²) >= 11 is 0. The molecule has 186 valence electrons. The molecule has 0 saturated heterocycles. The molecule has 0 fully saturated rings. The van der Waals surface area contributed by atoms with Crippen LogP contribution < -0.4 is 14.8 Å². The Morgan fingerprint density at radius 3 is 2.61 bits per heavy atom. The molecule has 0 aliphatic carbocycles. The zero-order chi connectivity index (χ0) is 25.3. The number of aromatic nitrogens is 2. The van der Waals surface area contributed by atoms with E-state index < -0.39 is 22.8 Å². The van der Waals surface area contributed by atoms with Crippen LogP contribution in [0.1, 0.15) is 6.92 Å². The topological polar surface area (TPSA) is 101 Å². The van der Waals surface area contributed by atoms with Gasteiger partial charge in [0.1, 0.15) is 23.8 Å². The van der Waals surface area contributed by atoms with Crippen LogP contribution in [-0.4, -0.2) is 48.0 Å².